The predicted molar refractivity (Wildman–Crippen MR) is 111 cm³/mol. The average molecular weight is 424 g/mol. The van der Waals surface area contributed by atoms with E-state index in [1.807, 2.05) is 0 Å². The van der Waals surface area contributed by atoms with Crippen LogP contribution in [0.25, 0.3) is 0 Å². The lowest BCUT2D eigenvalue weighted by Crippen LogP contribution is -2.17. The van der Waals surface area contributed by atoms with Crippen molar-refractivity contribution in [3.63, 3.8) is 0 Å². The third-order valence-corrected chi connectivity index (χ3v) is 4.14. The molecule has 0 radical (unpaired) electrons. The fraction of sp³-hybridized carbons (Fsp3) is 0. The normalized spacial score (nSPS) is 10.6. The Morgan fingerprint density at radius 3 is 2.13 bits per heavy atom. The Balaban J connectivity index is 1.55. The topological polar surface area (TPSA) is 111 Å². The maximum atomic E-state index is 12.1. The number of halogens is 1. The maximum Gasteiger partial charge on any atom is 0.343 e. The van der Waals surface area contributed by atoms with E-state index in [9.17, 15) is 19.7 Å². The number of carbonyl (C=O) groups is 2. The first-order valence-electron chi connectivity index (χ1n) is 8.58. The number of hydrazone groups is 1. The predicted octanol–water partition coefficient (Wildman–Crippen LogP) is 4.23. The standard InChI is InChI=1S/C21H14ClN3O5/c22-17-7-3-16(4-8-17)21(27)30-19-11-1-14(2-12-19)13-23-24-20(26)15-5-9-18(10-6-15)25(28)29/h1-13H,(H,24,26)/b23-13-. The highest BCUT2D eigenvalue weighted by molar-refractivity contribution is 6.30. The molecule has 150 valence electrons. The van der Waals surface area contributed by atoms with Gasteiger partial charge in [0.1, 0.15) is 5.75 Å². The van der Waals surface area contributed by atoms with Gasteiger partial charge in [-0.15, -0.1) is 0 Å². The van der Waals surface area contributed by atoms with Gasteiger partial charge in [0.05, 0.1) is 16.7 Å². The van der Waals surface area contributed by atoms with Crippen LogP contribution in [0.2, 0.25) is 5.02 Å². The van der Waals surface area contributed by atoms with E-state index in [4.69, 9.17) is 16.3 Å². The van der Waals surface area contributed by atoms with Crippen LogP contribution in [0.3, 0.4) is 0 Å². The molecule has 8 nitrogen and oxygen atoms in total. The van der Waals surface area contributed by atoms with Gasteiger partial charge in [0.15, 0.2) is 0 Å². The molecule has 0 fully saturated rings. The number of hydrogen-bond donors (Lipinski definition) is 1. The number of nitro benzene ring substituents is 1. The Hall–Kier alpha value is -4.04. The molecule has 0 spiro atoms. The van der Waals surface area contributed by atoms with Gasteiger partial charge in [0.25, 0.3) is 11.6 Å². The van der Waals surface area contributed by atoms with Crippen molar-refractivity contribution in [1.82, 2.24) is 5.43 Å². The second-order valence-corrected chi connectivity index (χ2v) is 6.40. The van der Waals surface area contributed by atoms with Crippen molar-refractivity contribution in [2.75, 3.05) is 0 Å². The molecule has 3 aromatic carbocycles. The number of carbonyl (C=O) groups excluding carboxylic acids is 2. The number of nitrogens with zero attached hydrogens (tertiary/aromatic N) is 2. The van der Waals surface area contributed by atoms with Gasteiger partial charge in [-0.25, -0.2) is 10.2 Å². The van der Waals surface area contributed by atoms with E-state index in [0.29, 0.717) is 21.9 Å². The Bertz CT molecular complexity index is 1090. The van der Waals surface area contributed by atoms with Crippen molar-refractivity contribution in [3.8, 4) is 5.75 Å². The van der Waals surface area contributed by atoms with Crippen LogP contribution in [0.1, 0.15) is 26.3 Å². The monoisotopic (exact) mass is 423 g/mol. The van der Waals surface area contributed by atoms with Gasteiger partial charge < -0.3 is 4.74 Å². The van der Waals surface area contributed by atoms with Crippen molar-refractivity contribution in [3.05, 3.63) is 105 Å². The average Bonchev–Trinajstić information content (AvgIpc) is 2.75. The fourth-order valence-electron chi connectivity index (χ4n) is 2.34. The number of nitrogens with one attached hydrogen (secondary N) is 1. The summed E-state index contributed by atoms with van der Waals surface area (Å²) in [6.07, 6.45) is 1.41. The van der Waals surface area contributed by atoms with E-state index in [2.05, 4.69) is 10.5 Å². The molecule has 0 aliphatic heterocycles. The molecule has 3 rings (SSSR count). The molecule has 0 atom stereocenters. The molecule has 0 bridgehead atoms. The second kappa shape index (κ2) is 9.44. The highest BCUT2D eigenvalue weighted by Crippen LogP contribution is 2.15. The van der Waals surface area contributed by atoms with Crippen LogP contribution in [0.5, 0.6) is 5.75 Å². The van der Waals surface area contributed by atoms with Crippen LogP contribution in [0.4, 0.5) is 5.69 Å². The lowest BCUT2D eigenvalue weighted by atomic mass is 10.2. The Morgan fingerprint density at radius 2 is 1.53 bits per heavy atom. The largest absolute Gasteiger partial charge is 0.423 e. The Morgan fingerprint density at radius 1 is 0.933 bits per heavy atom. The third-order valence-electron chi connectivity index (χ3n) is 3.89. The minimum atomic E-state index is -0.545. The highest BCUT2D eigenvalue weighted by Gasteiger charge is 2.09. The number of nitro groups is 1. The van der Waals surface area contributed by atoms with E-state index in [-0.39, 0.29) is 11.3 Å². The van der Waals surface area contributed by atoms with Crippen molar-refractivity contribution in [2.45, 2.75) is 0 Å². The summed E-state index contributed by atoms with van der Waals surface area (Å²) in [5.41, 5.74) is 3.50. The van der Waals surface area contributed by atoms with Gasteiger partial charge in [-0.3, -0.25) is 14.9 Å². The zero-order valence-corrected chi connectivity index (χ0v) is 16.1. The van der Waals surface area contributed by atoms with E-state index >= 15 is 0 Å². The van der Waals surface area contributed by atoms with Gasteiger partial charge in [-0.1, -0.05) is 11.6 Å². The minimum absolute atomic E-state index is 0.105. The quantitative estimate of drug-likeness (QED) is 0.210. The van der Waals surface area contributed by atoms with E-state index in [1.54, 1.807) is 48.5 Å². The van der Waals surface area contributed by atoms with Crippen LogP contribution >= 0.6 is 11.6 Å². The van der Waals surface area contributed by atoms with E-state index < -0.39 is 16.8 Å². The van der Waals surface area contributed by atoms with E-state index in [1.165, 1.54) is 30.5 Å². The lowest BCUT2D eigenvalue weighted by molar-refractivity contribution is -0.384. The van der Waals surface area contributed by atoms with Crippen molar-refractivity contribution >= 4 is 35.4 Å². The van der Waals surface area contributed by atoms with Gasteiger partial charge in [0.2, 0.25) is 0 Å². The molecular weight excluding hydrogens is 410 g/mol. The van der Waals surface area contributed by atoms with Gasteiger partial charge >= 0.3 is 5.97 Å². The number of rotatable bonds is 6. The van der Waals surface area contributed by atoms with Gasteiger partial charge in [-0.05, 0) is 66.2 Å². The molecule has 9 heteroatoms. The number of esters is 1. The molecule has 0 saturated carbocycles. The third kappa shape index (κ3) is 5.49. The first kappa shape index (κ1) is 20.7. The number of benzene rings is 3. The first-order valence-corrected chi connectivity index (χ1v) is 8.96. The molecule has 0 aromatic heterocycles. The van der Waals surface area contributed by atoms with Crippen LogP contribution in [0.15, 0.2) is 77.9 Å². The number of hydrogen-bond acceptors (Lipinski definition) is 6. The summed E-state index contributed by atoms with van der Waals surface area (Å²) in [4.78, 5) is 34.1. The molecule has 0 unspecified atom stereocenters. The summed E-state index contributed by atoms with van der Waals surface area (Å²) in [5, 5.41) is 15.0. The molecular formula is C21H14ClN3O5. The van der Waals surface area contributed by atoms with Crippen molar-refractivity contribution in [1.29, 1.82) is 0 Å². The van der Waals surface area contributed by atoms with Crippen molar-refractivity contribution < 1.29 is 19.2 Å². The summed E-state index contributed by atoms with van der Waals surface area (Å²) in [7, 11) is 0. The number of non-ortho nitro benzene ring substituents is 1. The van der Waals surface area contributed by atoms with Gasteiger partial charge in [0, 0.05) is 22.7 Å². The summed E-state index contributed by atoms with van der Waals surface area (Å²) < 4.78 is 5.28. The smallest absolute Gasteiger partial charge is 0.343 e. The maximum absolute atomic E-state index is 12.1. The zero-order valence-electron chi connectivity index (χ0n) is 15.3. The second-order valence-electron chi connectivity index (χ2n) is 5.97. The van der Waals surface area contributed by atoms with Crippen molar-refractivity contribution in [2.24, 2.45) is 5.10 Å². The summed E-state index contributed by atoms with van der Waals surface area (Å²) >= 11 is 5.79. The summed E-state index contributed by atoms with van der Waals surface area (Å²) in [6.45, 7) is 0. The summed E-state index contributed by atoms with van der Waals surface area (Å²) in [6, 6.07) is 18.0. The van der Waals surface area contributed by atoms with Crippen LogP contribution in [-0.2, 0) is 0 Å². The Kier molecular flexibility index (Phi) is 6.51. The molecule has 1 N–H and O–H groups in total. The Labute approximate surface area is 175 Å². The molecule has 0 aliphatic rings. The SMILES string of the molecule is O=C(N/N=C\c1ccc(OC(=O)c2ccc(Cl)cc2)cc1)c1ccc([N+](=O)[O-])cc1. The van der Waals surface area contributed by atoms with E-state index in [0.717, 1.165) is 0 Å². The molecule has 0 saturated heterocycles. The first-order chi connectivity index (χ1) is 14.4. The van der Waals surface area contributed by atoms with Gasteiger partial charge in [-0.2, -0.15) is 5.10 Å². The zero-order chi connectivity index (χ0) is 21.5. The number of amides is 1. The van der Waals surface area contributed by atoms with Crippen LogP contribution < -0.4 is 10.2 Å². The molecule has 0 aliphatic carbocycles. The fourth-order valence-corrected chi connectivity index (χ4v) is 2.46. The summed E-state index contributed by atoms with van der Waals surface area (Å²) in [5.74, 6) is -0.667. The lowest BCUT2D eigenvalue weighted by Gasteiger charge is -2.04. The van der Waals surface area contributed by atoms with Crippen LogP contribution in [0, 0.1) is 10.1 Å². The highest BCUT2D eigenvalue weighted by atomic mass is 35.5. The minimum Gasteiger partial charge on any atom is -0.423 e. The number of ether oxygens (including phenoxy) is 1. The van der Waals surface area contributed by atoms with Crippen LogP contribution in [-0.4, -0.2) is 23.0 Å². The molecule has 1 amide bonds. The molecule has 3 aromatic rings. The molecule has 0 heterocycles. The molecule has 30 heavy (non-hydrogen) atoms.